The van der Waals surface area contributed by atoms with Gasteiger partial charge in [0.2, 0.25) is 5.91 Å². The highest BCUT2D eigenvalue weighted by atomic mass is 32.2. The molecule has 1 unspecified atom stereocenters. The maximum atomic E-state index is 12.4. The summed E-state index contributed by atoms with van der Waals surface area (Å²) >= 11 is 0. The molecule has 0 saturated carbocycles. The second kappa shape index (κ2) is 6.79. The molecule has 0 aliphatic heterocycles. The molecule has 2 rings (SSSR count). The van der Waals surface area contributed by atoms with Crippen LogP contribution in [0.2, 0.25) is 0 Å². The van der Waals surface area contributed by atoms with Crippen molar-refractivity contribution >= 4 is 15.7 Å². The van der Waals surface area contributed by atoms with E-state index in [0.717, 1.165) is 24.8 Å². The number of hydrogen-bond acceptors (Lipinski definition) is 4. The quantitative estimate of drug-likeness (QED) is 0.851. The lowest BCUT2D eigenvalue weighted by Crippen LogP contribution is -2.40. The highest BCUT2D eigenvalue weighted by Gasteiger charge is 2.22. The number of nitrogens with zero attached hydrogens (tertiary/aromatic N) is 1. The monoisotopic (exact) mass is 324 g/mol. The van der Waals surface area contributed by atoms with Crippen molar-refractivity contribution in [2.24, 2.45) is 5.73 Å². The average molecular weight is 324 g/mol. The average Bonchev–Trinajstić information content (AvgIpc) is 2.98. The fourth-order valence-corrected chi connectivity index (χ4v) is 3.94. The summed E-state index contributed by atoms with van der Waals surface area (Å²) in [6, 6.07) is 5.25. The molecule has 5 nitrogen and oxygen atoms in total. The SMILES string of the molecule is CC(CN)N(C)C(=O)CCS(=O)(=O)c1ccc2c(c1)CCC2. The predicted molar refractivity (Wildman–Crippen MR) is 86.4 cm³/mol. The Morgan fingerprint density at radius 2 is 2.00 bits per heavy atom. The van der Waals surface area contributed by atoms with E-state index in [1.165, 1.54) is 10.5 Å². The Hall–Kier alpha value is -1.40. The van der Waals surface area contributed by atoms with Crippen LogP contribution in [0, 0.1) is 0 Å². The van der Waals surface area contributed by atoms with Crippen LogP contribution >= 0.6 is 0 Å². The Bertz CT molecular complexity index is 655. The topological polar surface area (TPSA) is 80.5 Å². The molecule has 6 heteroatoms. The van der Waals surface area contributed by atoms with Gasteiger partial charge in [-0.2, -0.15) is 0 Å². The van der Waals surface area contributed by atoms with Gasteiger partial charge in [0.05, 0.1) is 10.6 Å². The van der Waals surface area contributed by atoms with E-state index in [9.17, 15) is 13.2 Å². The minimum atomic E-state index is -3.42. The number of sulfone groups is 1. The molecule has 0 saturated heterocycles. The van der Waals surface area contributed by atoms with Gasteiger partial charge in [0, 0.05) is 26.1 Å². The Morgan fingerprint density at radius 3 is 2.68 bits per heavy atom. The summed E-state index contributed by atoms with van der Waals surface area (Å²) in [6.45, 7) is 2.20. The fraction of sp³-hybridized carbons (Fsp3) is 0.562. The number of benzene rings is 1. The van der Waals surface area contributed by atoms with Gasteiger partial charge >= 0.3 is 0 Å². The van der Waals surface area contributed by atoms with Crippen LogP contribution < -0.4 is 5.73 Å². The van der Waals surface area contributed by atoms with Crippen LogP contribution in [-0.2, 0) is 27.5 Å². The summed E-state index contributed by atoms with van der Waals surface area (Å²) in [5.74, 6) is -0.352. The first-order valence-electron chi connectivity index (χ1n) is 7.65. The van der Waals surface area contributed by atoms with Gasteiger partial charge in [-0.05, 0) is 49.4 Å². The lowest BCUT2D eigenvalue weighted by molar-refractivity contribution is -0.131. The molecule has 0 spiro atoms. The van der Waals surface area contributed by atoms with Gasteiger partial charge < -0.3 is 10.6 Å². The maximum Gasteiger partial charge on any atom is 0.223 e. The Kier molecular flexibility index (Phi) is 5.24. The van der Waals surface area contributed by atoms with Gasteiger partial charge in [0.15, 0.2) is 9.84 Å². The van der Waals surface area contributed by atoms with E-state index >= 15 is 0 Å². The van der Waals surface area contributed by atoms with Crippen LogP contribution in [0.5, 0.6) is 0 Å². The van der Waals surface area contributed by atoms with Gasteiger partial charge in [0.25, 0.3) is 0 Å². The van der Waals surface area contributed by atoms with Crippen molar-refractivity contribution in [3.8, 4) is 0 Å². The smallest absolute Gasteiger partial charge is 0.223 e. The molecular weight excluding hydrogens is 300 g/mol. The number of hydrogen-bond donors (Lipinski definition) is 1. The zero-order chi connectivity index (χ0) is 16.3. The van der Waals surface area contributed by atoms with Crippen molar-refractivity contribution in [1.82, 2.24) is 4.90 Å². The van der Waals surface area contributed by atoms with Crippen LogP contribution in [0.1, 0.15) is 30.9 Å². The molecule has 22 heavy (non-hydrogen) atoms. The molecule has 0 heterocycles. The van der Waals surface area contributed by atoms with Crippen LogP contribution in [-0.4, -0.2) is 44.6 Å². The van der Waals surface area contributed by atoms with Crippen molar-refractivity contribution in [3.05, 3.63) is 29.3 Å². The number of likely N-dealkylation sites (N-methyl/N-ethyl adjacent to an activating group) is 1. The van der Waals surface area contributed by atoms with E-state index in [4.69, 9.17) is 5.73 Å². The van der Waals surface area contributed by atoms with Gasteiger partial charge in [-0.25, -0.2) is 8.42 Å². The number of nitrogens with two attached hydrogens (primary N) is 1. The van der Waals surface area contributed by atoms with Crippen molar-refractivity contribution < 1.29 is 13.2 Å². The third kappa shape index (κ3) is 3.67. The number of aryl methyl sites for hydroxylation is 2. The van der Waals surface area contributed by atoms with Gasteiger partial charge in [-0.15, -0.1) is 0 Å². The Morgan fingerprint density at radius 1 is 1.32 bits per heavy atom. The van der Waals surface area contributed by atoms with E-state index in [-0.39, 0.29) is 24.1 Å². The molecule has 0 aromatic heterocycles. The summed E-state index contributed by atoms with van der Waals surface area (Å²) in [5, 5.41) is 0. The lowest BCUT2D eigenvalue weighted by Gasteiger charge is -2.23. The first kappa shape index (κ1) is 17.0. The van der Waals surface area contributed by atoms with E-state index in [1.807, 2.05) is 13.0 Å². The van der Waals surface area contributed by atoms with Crippen molar-refractivity contribution in [2.45, 2.75) is 43.5 Å². The highest BCUT2D eigenvalue weighted by Crippen LogP contribution is 2.25. The van der Waals surface area contributed by atoms with E-state index in [1.54, 1.807) is 19.2 Å². The molecule has 1 aliphatic carbocycles. The third-order valence-corrected chi connectivity index (χ3v) is 6.12. The summed E-state index contributed by atoms with van der Waals surface area (Å²) in [6.07, 6.45) is 3.03. The second-order valence-corrected chi connectivity index (χ2v) is 8.05. The Balaban J connectivity index is 2.04. The molecule has 1 aliphatic rings. The molecule has 1 atom stereocenters. The summed E-state index contributed by atoms with van der Waals surface area (Å²) in [5.41, 5.74) is 7.89. The van der Waals surface area contributed by atoms with Crippen molar-refractivity contribution in [3.63, 3.8) is 0 Å². The molecule has 0 fully saturated rings. The molecule has 1 aromatic rings. The van der Waals surface area contributed by atoms with Gasteiger partial charge in [-0.3, -0.25) is 4.79 Å². The molecule has 1 amide bonds. The summed E-state index contributed by atoms with van der Waals surface area (Å²) in [4.78, 5) is 13.9. The highest BCUT2D eigenvalue weighted by molar-refractivity contribution is 7.91. The molecular formula is C16H24N2O3S. The number of amides is 1. The molecule has 1 aromatic carbocycles. The van der Waals surface area contributed by atoms with Crippen molar-refractivity contribution in [2.75, 3.05) is 19.3 Å². The molecule has 0 radical (unpaired) electrons. The van der Waals surface area contributed by atoms with Crippen LogP contribution in [0.25, 0.3) is 0 Å². The minimum Gasteiger partial charge on any atom is -0.342 e. The zero-order valence-electron chi connectivity index (χ0n) is 13.2. The first-order valence-corrected chi connectivity index (χ1v) is 9.30. The maximum absolute atomic E-state index is 12.4. The lowest BCUT2D eigenvalue weighted by atomic mass is 10.1. The molecule has 0 bridgehead atoms. The minimum absolute atomic E-state index is 0.0136. The fourth-order valence-electron chi connectivity index (χ4n) is 2.66. The summed E-state index contributed by atoms with van der Waals surface area (Å²) < 4.78 is 24.8. The number of carbonyl (C=O) groups is 1. The molecule has 2 N–H and O–H groups in total. The third-order valence-electron chi connectivity index (χ3n) is 4.41. The van der Waals surface area contributed by atoms with Crippen LogP contribution in [0.3, 0.4) is 0 Å². The zero-order valence-corrected chi connectivity index (χ0v) is 14.0. The van der Waals surface area contributed by atoms with Crippen molar-refractivity contribution in [1.29, 1.82) is 0 Å². The summed E-state index contributed by atoms with van der Waals surface area (Å²) in [7, 11) is -1.77. The largest absolute Gasteiger partial charge is 0.342 e. The predicted octanol–water partition coefficient (Wildman–Crippen LogP) is 1.14. The van der Waals surface area contributed by atoms with Crippen LogP contribution in [0.15, 0.2) is 23.1 Å². The number of fused-ring (bicyclic) bond motifs is 1. The van der Waals surface area contributed by atoms with Crippen LogP contribution in [0.4, 0.5) is 0 Å². The van der Waals surface area contributed by atoms with E-state index < -0.39 is 9.84 Å². The molecule has 122 valence electrons. The van der Waals surface area contributed by atoms with Gasteiger partial charge in [-0.1, -0.05) is 6.07 Å². The normalized spacial score (nSPS) is 15.4. The number of carbonyl (C=O) groups excluding carboxylic acids is 1. The standard InChI is InChI=1S/C16H24N2O3S/c1-12(11-17)18(2)16(19)8-9-22(20,21)15-7-6-13-4-3-5-14(13)10-15/h6-7,10,12H,3-5,8-9,11,17H2,1-2H3. The number of rotatable bonds is 6. The first-order chi connectivity index (χ1) is 10.3. The second-order valence-electron chi connectivity index (χ2n) is 5.94. The van der Waals surface area contributed by atoms with Gasteiger partial charge in [0.1, 0.15) is 0 Å². The van der Waals surface area contributed by atoms with E-state index in [0.29, 0.717) is 11.4 Å². The van der Waals surface area contributed by atoms with E-state index in [2.05, 4.69) is 0 Å². The Labute approximate surface area is 132 Å².